The van der Waals surface area contributed by atoms with Crippen LogP contribution in [0.25, 0.3) is 10.8 Å². The summed E-state index contributed by atoms with van der Waals surface area (Å²) < 4.78 is 5.08. The number of benzene rings is 2. The van der Waals surface area contributed by atoms with Crippen LogP contribution in [0.15, 0.2) is 47.0 Å². The van der Waals surface area contributed by atoms with Gasteiger partial charge in [-0.1, -0.05) is 41.6 Å². The molecule has 0 saturated carbocycles. The number of rotatable bonds is 6. The van der Waals surface area contributed by atoms with Crippen molar-refractivity contribution < 1.29 is 14.1 Å². The molecule has 1 unspecified atom stereocenters. The fraction of sp³-hybridized carbons (Fsp3) is 0.250. The summed E-state index contributed by atoms with van der Waals surface area (Å²) in [5, 5.41) is 11.7. The zero-order valence-electron chi connectivity index (χ0n) is 15.1. The first-order valence-electron chi connectivity index (χ1n) is 8.54. The van der Waals surface area contributed by atoms with Crippen LogP contribution in [0.2, 0.25) is 0 Å². The number of amides is 2. The maximum Gasteiger partial charge on any atom is 0.257 e. The Bertz CT molecular complexity index is 964. The van der Waals surface area contributed by atoms with E-state index in [1.807, 2.05) is 42.5 Å². The number of nitrogens with zero attached hydrogens (tertiary/aromatic N) is 1. The first-order valence-corrected chi connectivity index (χ1v) is 9.08. The number of aryl methyl sites for hydroxylation is 2. The number of hydrogen-bond donors (Lipinski definition) is 2. The normalized spacial score (nSPS) is 12.0. The van der Waals surface area contributed by atoms with Gasteiger partial charge in [-0.3, -0.25) is 9.59 Å². The van der Waals surface area contributed by atoms with Gasteiger partial charge in [0.25, 0.3) is 5.91 Å². The van der Waals surface area contributed by atoms with Gasteiger partial charge in [-0.05, 0) is 36.2 Å². The number of carbonyl (C=O) groups excluding carboxylic acids is 2. The Morgan fingerprint density at radius 1 is 1.15 bits per heavy atom. The second kappa shape index (κ2) is 8.22. The number of fused-ring (bicyclic) bond motifs is 1. The topological polar surface area (TPSA) is 84.2 Å². The minimum Gasteiger partial charge on any atom is -0.361 e. The van der Waals surface area contributed by atoms with E-state index in [0.717, 1.165) is 16.3 Å². The van der Waals surface area contributed by atoms with Crippen molar-refractivity contribution in [2.45, 2.75) is 19.9 Å². The molecule has 27 heavy (non-hydrogen) atoms. The van der Waals surface area contributed by atoms with Gasteiger partial charge in [-0.2, -0.15) is 0 Å². The van der Waals surface area contributed by atoms with E-state index in [9.17, 15) is 9.59 Å². The Kier molecular flexibility index (Phi) is 5.76. The molecule has 140 valence electrons. The van der Waals surface area contributed by atoms with Crippen molar-refractivity contribution in [3.05, 3.63) is 65.0 Å². The van der Waals surface area contributed by atoms with Crippen LogP contribution in [0, 0.1) is 13.8 Å². The first-order chi connectivity index (χ1) is 13.0. The Labute approximate surface area is 161 Å². The van der Waals surface area contributed by atoms with Crippen LogP contribution in [-0.4, -0.2) is 29.4 Å². The zero-order valence-corrected chi connectivity index (χ0v) is 15.8. The molecule has 0 aliphatic rings. The minimum absolute atomic E-state index is 0.137. The average molecular weight is 386 g/mol. The second-order valence-corrected chi connectivity index (χ2v) is 6.54. The largest absolute Gasteiger partial charge is 0.361 e. The van der Waals surface area contributed by atoms with Crippen LogP contribution in [-0.2, 0) is 4.79 Å². The fourth-order valence-electron chi connectivity index (χ4n) is 2.98. The smallest absolute Gasteiger partial charge is 0.257 e. The lowest BCUT2D eigenvalue weighted by atomic mass is 10.0. The van der Waals surface area contributed by atoms with Crippen LogP contribution in [0.4, 0.5) is 0 Å². The van der Waals surface area contributed by atoms with E-state index in [1.165, 1.54) is 0 Å². The monoisotopic (exact) mass is 385 g/mol. The van der Waals surface area contributed by atoms with E-state index in [4.69, 9.17) is 16.1 Å². The van der Waals surface area contributed by atoms with Crippen LogP contribution >= 0.6 is 11.6 Å². The lowest BCUT2D eigenvalue weighted by Gasteiger charge is -2.20. The van der Waals surface area contributed by atoms with Crippen molar-refractivity contribution in [1.82, 2.24) is 15.8 Å². The van der Waals surface area contributed by atoms with E-state index >= 15 is 0 Å². The van der Waals surface area contributed by atoms with E-state index in [2.05, 4.69) is 15.8 Å². The highest BCUT2D eigenvalue weighted by atomic mass is 35.5. The highest BCUT2D eigenvalue weighted by molar-refractivity contribution is 6.27. The quantitative estimate of drug-likeness (QED) is 0.638. The molecule has 2 aromatic carbocycles. The van der Waals surface area contributed by atoms with Gasteiger partial charge in [0, 0.05) is 6.54 Å². The molecular weight excluding hydrogens is 366 g/mol. The standard InChI is InChI=1S/C20H20ClN3O3/c1-12-19(13(2)27-24-12)20(26)23-17(11-22-18(25)10-21)16-8-7-14-5-3-4-6-15(14)9-16/h3-9,17H,10-11H2,1-2H3,(H,22,25)(H,23,26). The van der Waals surface area contributed by atoms with Gasteiger partial charge in [-0.15, -0.1) is 11.6 Å². The summed E-state index contributed by atoms with van der Waals surface area (Å²) in [7, 11) is 0. The molecule has 3 aromatic rings. The molecule has 0 aliphatic carbocycles. The van der Waals surface area contributed by atoms with E-state index in [-0.39, 0.29) is 24.2 Å². The van der Waals surface area contributed by atoms with E-state index in [0.29, 0.717) is 17.0 Å². The van der Waals surface area contributed by atoms with Crippen LogP contribution < -0.4 is 10.6 Å². The number of hydrogen-bond acceptors (Lipinski definition) is 4. The molecule has 0 bridgehead atoms. The summed E-state index contributed by atoms with van der Waals surface area (Å²) in [6.45, 7) is 3.62. The van der Waals surface area contributed by atoms with Crippen molar-refractivity contribution >= 4 is 34.2 Å². The van der Waals surface area contributed by atoms with Crippen molar-refractivity contribution in [3.8, 4) is 0 Å². The summed E-state index contributed by atoms with van der Waals surface area (Å²) in [4.78, 5) is 24.4. The summed E-state index contributed by atoms with van der Waals surface area (Å²) >= 11 is 5.57. The van der Waals surface area contributed by atoms with Gasteiger partial charge in [0.1, 0.15) is 17.2 Å². The molecule has 0 radical (unpaired) electrons. The molecule has 2 N–H and O–H groups in total. The van der Waals surface area contributed by atoms with E-state index in [1.54, 1.807) is 13.8 Å². The SMILES string of the molecule is Cc1noc(C)c1C(=O)NC(CNC(=O)CCl)c1ccc2ccccc2c1. The third-order valence-electron chi connectivity index (χ3n) is 4.37. The lowest BCUT2D eigenvalue weighted by molar-refractivity contribution is -0.118. The third-order valence-corrected chi connectivity index (χ3v) is 4.61. The molecule has 1 atom stereocenters. The van der Waals surface area contributed by atoms with E-state index < -0.39 is 6.04 Å². The van der Waals surface area contributed by atoms with Gasteiger partial charge >= 0.3 is 0 Å². The molecule has 0 fully saturated rings. The van der Waals surface area contributed by atoms with Crippen molar-refractivity contribution in [1.29, 1.82) is 0 Å². The highest BCUT2D eigenvalue weighted by Crippen LogP contribution is 2.21. The molecule has 0 saturated heterocycles. The van der Waals surface area contributed by atoms with Crippen LogP contribution in [0.1, 0.15) is 33.4 Å². The van der Waals surface area contributed by atoms with Gasteiger partial charge in [0.2, 0.25) is 5.91 Å². The zero-order chi connectivity index (χ0) is 19.4. The molecule has 2 amide bonds. The number of carbonyl (C=O) groups is 2. The maximum absolute atomic E-state index is 12.8. The van der Waals surface area contributed by atoms with Crippen LogP contribution in [0.3, 0.4) is 0 Å². The van der Waals surface area contributed by atoms with Crippen molar-refractivity contribution in [2.24, 2.45) is 0 Å². The number of aromatic nitrogens is 1. The third kappa shape index (κ3) is 4.28. The summed E-state index contributed by atoms with van der Waals surface area (Å²) in [6.07, 6.45) is 0. The Hall–Kier alpha value is -2.86. The molecule has 1 heterocycles. The predicted molar refractivity (Wildman–Crippen MR) is 104 cm³/mol. The molecular formula is C20H20ClN3O3. The molecule has 7 heteroatoms. The first kappa shape index (κ1) is 18.9. The Balaban J connectivity index is 1.89. The lowest BCUT2D eigenvalue weighted by Crippen LogP contribution is -2.38. The summed E-state index contributed by atoms with van der Waals surface area (Å²) in [5.74, 6) is -0.284. The average Bonchev–Trinajstić information content (AvgIpc) is 3.02. The summed E-state index contributed by atoms with van der Waals surface area (Å²) in [6, 6.07) is 13.5. The highest BCUT2D eigenvalue weighted by Gasteiger charge is 2.22. The Morgan fingerprint density at radius 3 is 2.56 bits per heavy atom. The molecule has 3 rings (SSSR count). The molecule has 0 aliphatic heterocycles. The number of halogens is 1. The summed E-state index contributed by atoms with van der Waals surface area (Å²) in [5.41, 5.74) is 1.81. The van der Waals surface area contributed by atoms with Crippen molar-refractivity contribution in [2.75, 3.05) is 12.4 Å². The number of nitrogens with one attached hydrogen (secondary N) is 2. The van der Waals surface area contributed by atoms with Gasteiger partial charge in [0.15, 0.2) is 0 Å². The van der Waals surface area contributed by atoms with Gasteiger partial charge in [-0.25, -0.2) is 0 Å². The fourth-order valence-corrected chi connectivity index (χ4v) is 3.07. The molecule has 6 nitrogen and oxygen atoms in total. The van der Waals surface area contributed by atoms with Gasteiger partial charge < -0.3 is 15.2 Å². The predicted octanol–water partition coefficient (Wildman–Crippen LogP) is 3.27. The minimum atomic E-state index is -0.428. The van der Waals surface area contributed by atoms with Crippen LogP contribution in [0.5, 0.6) is 0 Å². The molecule has 0 spiro atoms. The second-order valence-electron chi connectivity index (χ2n) is 6.27. The molecule has 1 aromatic heterocycles. The Morgan fingerprint density at radius 2 is 1.89 bits per heavy atom. The van der Waals surface area contributed by atoms with Crippen molar-refractivity contribution in [3.63, 3.8) is 0 Å². The van der Waals surface area contributed by atoms with Gasteiger partial charge in [0.05, 0.1) is 11.7 Å². The maximum atomic E-state index is 12.8. The number of alkyl halides is 1.